The second kappa shape index (κ2) is 5.46. The highest BCUT2D eigenvalue weighted by molar-refractivity contribution is 7.09. The van der Waals surface area contributed by atoms with E-state index in [2.05, 4.69) is 23.4 Å². The van der Waals surface area contributed by atoms with Crippen LogP contribution in [0.5, 0.6) is 5.75 Å². The van der Waals surface area contributed by atoms with Gasteiger partial charge in [0, 0.05) is 24.0 Å². The molecule has 2 aromatic heterocycles. The minimum atomic E-state index is 0.293. The van der Waals surface area contributed by atoms with E-state index in [1.54, 1.807) is 18.4 Å². The van der Waals surface area contributed by atoms with E-state index in [1.165, 1.54) is 0 Å². The van der Waals surface area contributed by atoms with Crippen LogP contribution in [0.2, 0.25) is 0 Å². The number of methoxy groups -OCH3 is 1. The number of nitrogens with zero attached hydrogens (tertiary/aromatic N) is 3. The Morgan fingerprint density at radius 1 is 1.33 bits per heavy atom. The lowest BCUT2D eigenvalue weighted by atomic mass is 10.2. The molecular weight excluding hydrogens is 284 g/mol. The molecule has 0 saturated carbocycles. The second-order valence-electron chi connectivity index (χ2n) is 5.08. The van der Waals surface area contributed by atoms with Crippen molar-refractivity contribution in [3.8, 4) is 17.3 Å². The van der Waals surface area contributed by atoms with Gasteiger partial charge in [0.25, 0.3) is 0 Å². The van der Waals surface area contributed by atoms with Crippen molar-refractivity contribution in [3.63, 3.8) is 0 Å². The highest BCUT2D eigenvalue weighted by Crippen LogP contribution is 2.30. The Morgan fingerprint density at radius 2 is 2.14 bits per heavy atom. The lowest BCUT2D eigenvalue weighted by molar-refractivity contribution is 0.415. The van der Waals surface area contributed by atoms with Crippen molar-refractivity contribution in [3.05, 3.63) is 28.6 Å². The Labute approximate surface area is 127 Å². The minimum absolute atomic E-state index is 0.293. The van der Waals surface area contributed by atoms with Crippen LogP contribution in [0.4, 0.5) is 0 Å². The van der Waals surface area contributed by atoms with Gasteiger partial charge in [-0.15, -0.1) is 11.3 Å². The van der Waals surface area contributed by atoms with E-state index in [1.807, 2.05) is 23.6 Å². The van der Waals surface area contributed by atoms with Gasteiger partial charge in [-0.25, -0.2) is 9.97 Å². The van der Waals surface area contributed by atoms with Crippen LogP contribution in [0.15, 0.2) is 23.6 Å². The summed E-state index contributed by atoms with van der Waals surface area (Å²) in [5.74, 6) is 1.69. The fourth-order valence-corrected chi connectivity index (χ4v) is 3.07. The Kier molecular flexibility index (Phi) is 3.65. The standard InChI is InChI=1S/C15H18N4OS/c1-9(2)19-13-5-4-10(20-3)6-11(13)18-15(19)12-8-21-14(7-16)17-12/h4-6,8-9H,7,16H2,1-3H3. The van der Waals surface area contributed by atoms with Gasteiger partial charge in [-0.3, -0.25) is 0 Å². The molecule has 0 atom stereocenters. The molecule has 0 saturated heterocycles. The van der Waals surface area contributed by atoms with Crippen molar-refractivity contribution < 1.29 is 4.74 Å². The first-order valence-corrected chi connectivity index (χ1v) is 7.72. The summed E-state index contributed by atoms with van der Waals surface area (Å²) in [6, 6.07) is 6.25. The van der Waals surface area contributed by atoms with E-state index in [0.717, 1.165) is 33.3 Å². The molecule has 0 spiro atoms. The molecule has 1 aromatic carbocycles. The van der Waals surface area contributed by atoms with Gasteiger partial charge in [-0.2, -0.15) is 0 Å². The maximum absolute atomic E-state index is 5.66. The van der Waals surface area contributed by atoms with E-state index >= 15 is 0 Å². The molecule has 0 fully saturated rings. The van der Waals surface area contributed by atoms with Gasteiger partial charge in [0.15, 0.2) is 5.82 Å². The number of benzene rings is 1. The monoisotopic (exact) mass is 302 g/mol. The quantitative estimate of drug-likeness (QED) is 0.803. The number of thiazole rings is 1. The van der Waals surface area contributed by atoms with E-state index in [0.29, 0.717) is 12.6 Å². The number of hydrogen-bond acceptors (Lipinski definition) is 5. The molecule has 2 heterocycles. The van der Waals surface area contributed by atoms with Crippen LogP contribution >= 0.6 is 11.3 Å². The third kappa shape index (κ3) is 2.41. The maximum Gasteiger partial charge on any atom is 0.160 e. The fourth-order valence-electron chi connectivity index (χ4n) is 2.42. The topological polar surface area (TPSA) is 66.0 Å². The molecule has 0 bridgehead atoms. The number of fused-ring (bicyclic) bond motifs is 1. The maximum atomic E-state index is 5.66. The molecule has 5 nitrogen and oxygen atoms in total. The number of hydrogen-bond donors (Lipinski definition) is 1. The molecule has 0 aliphatic heterocycles. The Hall–Kier alpha value is -1.92. The zero-order valence-corrected chi connectivity index (χ0v) is 13.1. The van der Waals surface area contributed by atoms with Crippen LogP contribution in [-0.2, 0) is 6.54 Å². The van der Waals surface area contributed by atoms with Crippen LogP contribution in [0, 0.1) is 0 Å². The molecular formula is C15H18N4OS. The zero-order chi connectivity index (χ0) is 15.0. The molecule has 0 aliphatic rings. The summed E-state index contributed by atoms with van der Waals surface area (Å²) >= 11 is 1.57. The molecule has 6 heteroatoms. The van der Waals surface area contributed by atoms with Crippen molar-refractivity contribution in [2.75, 3.05) is 7.11 Å². The first-order chi connectivity index (χ1) is 10.1. The smallest absolute Gasteiger partial charge is 0.160 e. The summed E-state index contributed by atoms with van der Waals surface area (Å²) in [5, 5.41) is 2.93. The van der Waals surface area contributed by atoms with Crippen LogP contribution in [0.3, 0.4) is 0 Å². The van der Waals surface area contributed by atoms with E-state index in [-0.39, 0.29) is 0 Å². The summed E-state index contributed by atoms with van der Waals surface area (Å²) < 4.78 is 7.48. The summed E-state index contributed by atoms with van der Waals surface area (Å²) in [6.07, 6.45) is 0. The predicted molar refractivity (Wildman–Crippen MR) is 85.7 cm³/mol. The van der Waals surface area contributed by atoms with E-state index < -0.39 is 0 Å². The lowest BCUT2D eigenvalue weighted by Crippen LogP contribution is -2.03. The average Bonchev–Trinajstić information content (AvgIpc) is 3.09. The normalized spacial score (nSPS) is 11.5. The predicted octanol–water partition coefficient (Wildman–Crippen LogP) is 3.21. The highest BCUT2D eigenvalue weighted by Gasteiger charge is 2.17. The highest BCUT2D eigenvalue weighted by atomic mass is 32.1. The number of ether oxygens (including phenoxy) is 1. The van der Waals surface area contributed by atoms with Crippen LogP contribution < -0.4 is 10.5 Å². The number of rotatable bonds is 4. The Morgan fingerprint density at radius 3 is 2.76 bits per heavy atom. The number of nitrogens with two attached hydrogens (primary N) is 1. The largest absolute Gasteiger partial charge is 0.497 e. The van der Waals surface area contributed by atoms with Gasteiger partial charge in [0.2, 0.25) is 0 Å². The van der Waals surface area contributed by atoms with Gasteiger partial charge < -0.3 is 15.0 Å². The summed E-state index contributed by atoms with van der Waals surface area (Å²) in [4.78, 5) is 9.31. The van der Waals surface area contributed by atoms with Crippen molar-refractivity contribution >= 4 is 22.4 Å². The zero-order valence-electron chi connectivity index (χ0n) is 12.3. The van der Waals surface area contributed by atoms with Crippen LogP contribution in [0.1, 0.15) is 24.9 Å². The minimum Gasteiger partial charge on any atom is -0.497 e. The van der Waals surface area contributed by atoms with E-state index in [9.17, 15) is 0 Å². The van der Waals surface area contributed by atoms with Crippen molar-refractivity contribution in [1.29, 1.82) is 0 Å². The van der Waals surface area contributed by atoms with Gasteiger partial charge in [0.05, 0.1) is 18.1 Å². The molecule has 0 radical (unpaired) electrons. The molecule has 21 heavy (non-hydrogen) atoms. The third-order valence-corrected chi connectivity index (χ3v) is 4.24. The third-order valence-electron chi connectivity index (χ3n) is 3.37. The molecule has 3 rings (SSSR count). The first kappa shape index (κ1) is 14.0. The molecule has 3 aromatic rings. The van der Waals surface area contributed by atoms with Gasteiger partial charge >= 0.3 is 0 Å². The molecule has 2 N–H and O–H groups in total. The summed E-state index contributed by atoms with van der Waals surface area (Å²) in [6.45, 7) is 4.75. The van der Waals surface area contributed by atoms with Gasteiger partial charge in [-0.1, -0.05) is 0 Å². The first-order valence-electron chi connectivity index (χ1n) is 6.85. The van der Waals surface area contributed by atoms with Gasteiger partial charge in [-0.05, 0) is 26.0 Å². The second-order valence-corrected chi connectivity index (χ2v) is 6.03. The number of imidazole rings is 1. The van der Waals surface area contributed by atoms with E-state index in [4.69, 9.17) is 15.5 Å². The lowest BCUT2D eigenvalue weighted by Gasteiger charge is -2.11. The Balaban J connectivity index is 2.22. The van der Waals surface area contributed by atoms with Crippen molar-refractivity contribution in [2.45, 2.75) is 26.4 Å². The van der Waals surface area contributed by atoms with Crippen LogP contribution in [-0.4, -0.2) is 21.6 Å². The van der Waals surface area contributed by atoms with Crippen molar-refractivity contribution in [2.24, 2.45) is 5.73 Å². The molecule has 0 aliphatic carbocycles. The fraction of sp³-hybridized carbons (Fsp3) is 0.333. The molecule has 0 amide bonds. The SMILES string of the molecule is COc1ccc2c(c1)nc(-c1csc(CN)n1)n2C(C)C. The Bertz CT molecular complexity index is 775. The van der Waals surface area contributed by atoms with Crippen LogP contribution in [0.25, 0.3) is 22.6 Å². The summed E-state index contributed by atoms with van der Waals surface area (Å²) in [5.41, 5.74) is 8.54. The van der Waals surface area contributed by atoms with Gasteiger partial charge in [0.1, 0.15) is 16.5 Å². The average molecular weight is 302 g/mol. The number of aromatic nitrogens is 3. The molecule has 0 unspecified atom stereocenters. The summed E-state index contributed by atoms with van der Waals surface area (Å²) in [7, 11) is 1.66. The molecule has 110 valence electrons. The van der Waals surface area contributed by atoms with Crippen molar-refractivity contribution in [1.82, 2.24) is 14.5 Å².